The van der Waals surface area contributed by atoms with Crippen molar-refractivity contribution in [3.05, 3.63) is 34.9 Å². The van der Waals surface area contributed by atoms with Crippen molar-refractivity contribution in [2.75, 3.05) is 0 Å². The predicted octanol–water partition coefficient (Wildman–Crippen LogP) is 1.70. The molecule has 0 aliphatic heterocycles. The lowest BCUT2D eigenvalue weighted by atomic mass is 10.0. The monoisotopic (exact) mass is 205 g/mol. The summed E-state index contributed by atoms with van der Waals surface area (Å²) in [6.45, 7) is 5.90. The topological polar surface area (TPSA) is 67.5 Å². The molecule has 4 nitrogen and oxygen atoms in total. The van der Waals surface area contributed by atoms with Gasteiger partial charge in [0, 0.05) is 0 Å². The fraction of sp³-hybridized carbons (Fsp3) is 0.273. The van der Waals surface area contributed by atoms with Gasteiger partial charge < -0.3 is 5.73 Å². The van der Waals surface area contributed by atoms with Crippen molar-refractivity contribution in [3.8, 4) is 0 Å². The molecule has 3 N–H and O–H groups in total. The van der Waals surface area contributed by atoms with Crippen LogP contribution in [-0.4, -0.2) is 11.7 Å². The van der Waals surface area contributed by atoms with Gasteiger partial charge in [-0.15, -0.1) is 0 Å². The molecular formula is C11H15N3O. The number of carbonyl (C=O) groups excluding carboxylic acids is 1. The molecule has 0 unspecified atom stereocenters. The van der Waals surface area contributed by atoms with Gasteiger partial charge in [-0.3, -0.25) is 0 Å². The summed E-state index contributed by atoms with van der Waals surface area (Å²) in [6, 6.07) is 5.35. The number of rotatable bonds is 2. The third kappa shape index (κ3) is 3.09. The van der Waals surface area contributed by atoms with Crippen LogP contribution in [0.25, 0.3) is 0 Å². The first-order valence-corrected chi connectivity index (χ1v) is 4.68. The molecule has 0 heterocycles. The van der Waals surface area contributed by atoms with Gasteiger partial charge in [0.15, 0.2) is 0 Å². The van der Waals surface area contributed by atoms with Crippen molar-refractivity contribution in [3.63, 3.8) is 0 Å². The Bertz CT molecular complexity index is 410. The molecule has 80 valence electrons. The van der Waals surface area contributed by atoms with Crippen LogP contribution in [0.4, 0.5) is 4.79 Å². The van der Waals surface area contributed by atoms with Crippen LogP contribution in [-0.2, 0) is 0 Å². The van der Waals surface area contributed by atoms with Gasteiger partial charge in [0.05, 0.1) is 5.71 Å². The predicted molar refractivity (Wildman–Crippen MR) is 60.8 cm³/mol. The maximum absolute atomic E-state index is 10.5. The molecular weight excluding hydrogens is 190 g/mol. The van der Waals surface area contributed by atoms with E-state index in [9.17, 15) is 4.79 Å². The Kier molecular flexibility index (Phi) is 3.44. The van der Waals surface area contributed by atoms with Crippen LogP contribution in [0.3, 0.4) is 0 Å². The van der Waals surface area contributed by atoms with E-state index in [0.717, 1.165) is 11.3 Å². The summed E-state index contributed by atoms with van der Waals surface area (Å²) < 4.78 is 0. The highest BCUT2D eigenvalue weighted by molar-refractivity contribution is 5.99. The van der Waals surface area contributed by atoms with Crippen LogP contribution < -0.4 is 11.2 Å². The minimum absolute atomic E-state index is 0.654. The number of carbonyl (C=O) groups is 1. The quantitative estimate of drug-likeness (QED) is 0.560. The van der Waals surface area contributed by atoms with Gasteiger partial charge in [-0.25, -0.2) is 10.2 Å². The first-order valence-electron chi connectivity index (χ1n) is 4.68. The average Bonchev–Trinajstić information content (AvgIpc) is 2.18. The molecule has 0 spiro atoms. The van der Waals surface area contributed by atoms with Crippen molar-refractivity contribution in [2.45, 2.75) is 20.8 Å². The van der Waals surface area contributed by atoms with E-state index >= 15 is 0 Å². The smallest absolute Gasteiger partial charge is 0.332 e. The molecule has 1 aromatic carbocycles. The maximum atomic E-state index is 10.5. The van der Waals surface area contributed by atoms with Crippen LogP contribution in [0.2, 0.25) is 0 Å². The summed E-state index contributed by atoms with van der Waals surface area (Å²) in [5.41, 5.74) is 11.3. The lowest BCUT2D eigenvalue weighted by Crippen LogP contribution is -2.25. The van der Waals surface area contributed by atoms with E-state index in [2.05, 4.69) is 10.5 Å². The lowest BCUT2D eigenvalue weighted by molar-refractivity contribution is 0.249. The molecule has 0 aliphatic rings. The van der Waals surface area contributed by atoms with Gasteiger partial charge in [0.2, 0.25) is 0 Å². The Labute approximate surface area is 89.2 Å². The van der Waals surface area contributed by atoms with E-state index in [1.165, 1.54) is 11.1 Å². The summed E-state index contributed by atoms with van der Waals surface area (Å²) in [6.07, 6.45) is 0. The molecule has 0 aromatic heterocycles. The van der Waals surface area contributed by atoms with Crippen LogP contribution in [0.5, 0.6) is 0 Å². The minimum Gasteiger partial charge on any atom is -0.350 e. The van der Waals surface area contributed by atoms with Crippen molar-refractivity contribution in [1.29, 1.82) is 0 Å². The zero-order valence-electron chi connectivity index (χ0n) is 9.16. The Balaban J connectivity index is 2.91. The third-order valence-corrected chi connectivity index (χ3v) is 2.26. The van der Waals surface area contributed by atoms with E-state index < -0.39 is 6.03 Å². The second-order valence-electron chi connectivity index (χ2n) is 3.47. The van der Waals surface area contributed by atoms with Crippen molar-refractivity contribution in [1.82, 2.24) is 5.43 Å². The maximum Gasteiger partial charge on any atom is 0.332 e. The Morgan fingerprint density at radius 1 is 1.33 bits per heavy atom. The average molecular weight is 205 g/mol. The van der Waals surface area contributed by atoms with Gasteiger partial charge >= 0.3 is 6.03 Å². The van der Waals surface area contributed by atoms with E-state index in [0.29, 0.717) is 0 Å². The van der Waals surface area contributed by atoms with E-state index in [1.807, 2.05) is 39.0 Å². The number of urea groups is 1. The fourth-order valence-electron chi connectivity index (χ4n) is 1.17. The first-order chi connectivity index (χ1) is 7.00. The molecule has 4 heteroatoms. The molecule has 0 aliphatic carbocycles. The van der Waals surface area contributed by atoms with Gasteiger partial charge in [-0.1, -0.05) is 12.1 Å². The Morgan fingerprint density at radius 2 is 2.00 bits per heavy atom. The van der Waals surface area contributed by atoms with Crippen LogP contribution in [0.15, 0.2) is 23.3 Å². The molecule has 0 fully saturated rings. The first kappa shape index (κ1) is 11.2. The van der Waals surface area contributed by atoms with Gasteiger partial charge in [-0.05, 0) is 43.5 Å². The number of nitrogens with zero attached hydrogens (tertiary/aromatic N) is 1. The second-order valence-corrected chi connectivity index (χ2v) is 3.47. The third-order valence-electron chi connectivity index (χ3n) is 2.26. The van der Waals surface area contributed by atoms with Crippen molar-refractivity contribution in [2.24, 2.45) is 10.8 Å². The summed E-state index contributed by atoms with van der Waals surface area (Å²) in [7, 11) is 0. The van der Waals surface area contributed by atoms with Gasteiger partial charge in [0.1, 0.15) is 0 Å². The second kappa shape index (κ2) is 4.59. The fourth-order valence-corrected chi connectivity index (χ4v) is 1.17. The summed E-state index contributed by atoms with van der Waals surface area (Å²) in [5.74, 6) is 0. The normalized spacial score (nSPS) is 11.3. The van der Waals surface area contributed by atoms with E-state index in [4.69, 9.17) is 5.73 Å². The number of amides is 2. The largest absolute Gasteiger partial charge is 0.350 e. The number of nitrogens with two attached hydrogens (primary N) is 1. The molecule has 1 rings (SSSR count). The number of nitrogens with one attached hydrogen (secondary N) is 1. The molecule has 0 radical (unpaired) electrons. The summed E-state index contributed by atoms with van der Waals surface area (Å²) >= 11 is 0. The number of hydrazone groups is 1. The van der Waals surface area contributed by atoms with Crippen LogP contribution in [0, 0.1) is 13.8 Å². The molecule has 0 saturated heterocycles. The summed E-state index contributed by atoms with van der Waals surface area (Å²) in [4.78, 5) is 10.5. The van der Waals surface area contributed by atoms with Crippen LogP contribution in [0.1, 0.15) is 23.6 Å². The van der Waals surface area contributed by atoms with Crippen molar-refractivity contribution >= 4 is 11.7 Å². The molecule has 2 amide bonds. The number of benzene rings is 1. The Hall–Kier alpha value is -1.84. The number of hydrogen-bond acceptors (Lipinski definition) is 2. The van der Waals surface area contributed by atoms with Crippen molar-refractivity contribution < 1.29 is 4.79 Å². The highest BCUT2D eigenvalue weighted by Gasteiger charge is 2.00. The van der Waals surface area contributed by atoms with Gasteiger partial charge in [0.25, 0.3) is 0 Å². The van der Waals surface area contributed by atoms with Crippen LogP contribution >= 0.6 is 0 Å². The highest BCUT2D eigenvalue weighted by Crippen LogP contribution is 2.10. The molecule has 0 bridgehead atoms. The summed E-state index contributed by atoms with van der Waals surface area (Å²) in [5, 5.41) is 3.86. The van der Waals surface area contributed by atoms with E-state index in [-0.39, 0.29) is 0 Å². The zero-order valence-corrected chi connectivity index (χ0v) is 9.16. The minimum atomic E-state index is -0.654. The molecule has 15 heavy (non-hydrogen) atoms. The highest BCUT2D eigenvalue weighted by atomic mass is 16.2. The molecule has 0 saturated carbocycles. The standard InChI is InChI=1S/C11H15N3O/c1-7-4-5-10(6-8(7)2)9(3)13-14-11(12)15/h4-6H,1-3H3,(H3,12,14,15)/b13-9-. The number of hydrogen-bond donors (Lipinski definition) is 2. The van der Waals surface area contributed by atoms with E-state index in [1.54, 1.807) is 0 Å². The molecule has 0 atom stereocenters. The molecule has 1 aromatic rings. The zero-order chi connectivity index (χ0) is 11.4. The van der Waals surface area contributed by atoms with Gasteiger partial charge in [-0.2, -0.15) is 5.10 Å². The lowest BCUT2D eigenvalue weighted by Gasteiger charge is -2.04. The number of aryl methyl sites for hydroxylation is 2. The Morgan fingerprint density at radius 3 is 2.53 bits per heavy atom. The number of primary amides is 1. The SMILES string of the molecule is C/C(=N/NC(N)=O)c1ccc(C)c(C)c1.